The number of benzene rings is 1. The third-order valence-corrected chi connectivity index (χ3v) is 6.10. The average Bonchev–Trinajstić information content (AvgIpc) is 2.81. The first-order valence-corrected chi connectivity index (χ1v) is 13.0. The molecule has 0 aliphatic rings. The second kappa shape index (κ2) is 14.1. The number of hydrogen-bond acceptors (Lipinski definition) is 7. The predicted molar refractivity (Wildman–Crippen MR) is 144 cm³/mol. The summed E-state index contributed by atoms with van der Waals surface area (Å²) in [5, 5.41) is 15.3. The molecule has 1 aromatic carbocycles. The van der Waals surface area contributed by atoms with E-state index in [0.717, 1.165) is 11.1 Å². The standard InChI is InChI=1S/C28H45N3O7/c1-10-28(8,9)31(25(35)21(17-32)30-26(36)38-27(5,6)7)23(20-16-18(3)12-13-19(20)4)24(34)29-15-14-22(33)37-11-2/h12-13,16,21,23,32H,10-11,14-15,17H2,1-9H3,(H,29,34)(H,30,36). The number of rotatable bonds is 12. The van der Waals surface area contributed by atoms with Gasteiger partial charge in [-0.05, 0) is 72.9 Å². The minimum Gasteiger partial charge on any atom is -0.466 e. The van der Waals surface area contributed by atoms with Crippen LogP contribution in [-0.4, -0.2) is 70.8 Å². The third-order valence-electron chi connectivity index (χ3n) is 6.10. The van der Waals surface area contributed by atoms with E-state index < -0.39 is 53.7 Å². The Kier molecular flexibility index (Phi) is 12.2. The highest BCUT2D eigenvalue weighted by Crippen LogP contribution is 2.34. The van der Waals surface area contributed by atoms with E-state index in [4.69, 9.17) is 9.47 Å². The molecule has 0 bridgehead atoms. The van der Waals surface area contributed by atoms with Crippen LogP contribution in [0.3, 0.4) is 0 Å². The Labute approximate surface area is 226 Å². The fourth-order valence-corrected chi connectivity index (χ4v) is 3.82. The van der Waals surface area contributed by atoms with Gasteiger partial charge in [-0.2, -0.15) is 0 Å². The van der Waals surface area contributed by atoms with Gasteiger partial charge in [-0.25, -0.2) is 4.79 Å². The van der Waals surface area contributed by atoms with Gasteiger partial charge in [0.1, 0.15) is 17.7 Å². The molecule has 0 aliphatic carbocycles. The van der Waals surface area contributed by atoms with Crippen LogP contribution in [0.1, 0.15) is 84.0 Å². The molecule has 0 heterocycles. The summed E-state index contributed by atoms with van der Waals surface area (Å²) in [4.78, 5) is 53.4. The Bertz CT molecular complexity index is 985. The van der Waals surface area contributed by atoms with Crippen molar-refractivity contribution in [2.45, 2.75) is 98.4 Å². The van der Waals surface area contributed by atoms with Gasteiger partial charge in [0, 0.05) is 12.1 Å². The van der Waals surface area contributed by atoms with E-state index in [1.807, 2.05) is 52.8 Å². The molecule has 2 unspecified atom stereocenters. The van der Waals surface area contributed by atoms with Crippen LogP contribution in [0.15, 0.2) is 18.2 Å². The van der Waals surface area contributed by atoms with E-state index in [1.165, 1.54) is 4.90 Å². The maximum absolute atomic E-state index is 14.0. The summed E-state index contributed by atoms with van der Waals surface area (Å²) in [5.41, 5.74) is 0.603. The lowest BCUT2D eigenvalue weighted by atomic mass is 9.89. The van der Waals surface area contributed by atoms with Crippen molar-refractivity contribution in [3.05, 3.63) is 34.9 Å². The van der Waals surface area contributed by atoms with E-state index in [9.17, 15) is 24.3 Å². The summed E-state index contributed by atoms with van der Waals surface area (Å²) in [6.45, 7) is 15.6. The number of nitrogens with one attached hydrogen (secondary N) is 2. The molecule has 2 atom stereocenters. The third kappa shape index (κ3) is 9.63. The predicted octanol–water partition coefficient (Wildman–Crippen LogP) is 3.32. The maximum atomic E-state index is 14.0. The zero-order chi connectivity index (χ0) is 29.3. The maximum Gasteiger partial charge on any atom is 0.408 e. The zero-order valence-electron chi connectivity index (χ0n) is 24.3. The van der Waals surface area contributed by atoms with Crippen LogP contribution in [0.2, 0.25) is 0 Å². The molecule has 0 saturated carbocycles. The number of hydrogen-bond donors (Lipinski definition) is 3. The summed E-state index contributed by atoms with van der Waals surface area (Å²) in [7, 11) is 0. The van der Waals surface area contributed by atoms with Crippen molar-refractivity contribution in [3.8, 4) is 0 Å². The first-order chi connectivity index (χ1) is 17.6. The Hall–Kier alpha value is -3.14. The van der Waals surface area contributed by atoms with Gasteiger partial charge in [0.2, 0.25) is 11.8 Å². The number of aliphatic hydroxyl groups is 1. The molecule has 3 N–H and O–H groups in total. The molecule has 0 aliphatic heterocycles. The van der Waals surface area contributed by atoms with Gasteiger partial charge in [0.05, 0.1) is 19.6 Å². The van der Waals surface area contributed by atoms with Gasteiger partial charge in [0.25, 0.3) is 0 Å². The van der Waals surface area contributed by atoms with Crippen LogP contribution in [0.4, 0.5) is 4.79 Å². The lowest BCUT2D eigenvalue weighted by Gasteiger charge is -2.44. The summed E-state index contributed by atoms with van der Waals surface area (Å²) in [5.74, 6) is -1.58. The van der Waals surface area contributed by atoms with Crippen molar-refractivity contribution >= 4 is 23.9 Å². The van der Waals surface area contributed by atoms with Gasteiger partial charge in [-0.1, -0.05) is 30.7 Å². The number of alkyl carbamates (subject to hydrolysis) is 1. The molecule has 1 rings (SSSR count). The summed E-state index contributed by atoms with van der Waals surface area (Å²) in [6, 6.07) is 3.16. The molecule has 3 amide bonds. The van der Waals surface area contributed by atoms with Crippen LogP contribution in [-0.2, 0) is 23.9 Å². The SMILES string of the molecule is CCOC(=O)CCNC(=O)C(c1cc(C)ccc1C)N(C(=O)C(CO)NC(=O)OC(C)(C)C)C(C)(C)CC. The number of nitrogens with zero attached hydrogens (tertiary/aromatic N) is 1. The van der Waals surface area contributed by atoms with Crippen molar-refractivity contribution in [2.24, 2.45) is 0 Å². The Morgan fingerprint density at radius 2 is 1.68 bits per heavy atom. The second-order valence-corrected chi connectivity index (χ2v) is 10.9. The molecule has 0 fully saturated rings. The molecule has 0 saturated heterocycles. The fraction of sp³-hybridized carbons (Fsp3) is 0.643. The van der Waals surface area contributed by atoms with Crippen LogP contribution in [0, 0.1) is 13.8 Å². The van der Waals surface area contributed by atoms with Crippen molar-refractivity contribution in [3.63, 3.8) is 0 Å². The van der Waals surface area contributed by atoms with Crippen LogP contribution in [0.5, 0.6) is 0 Å². The second-order valence-electron chi connectivity index (χ2n) is 10.9. The largest absolute Gasteiger partial charge is 0.466 e. The Balaban J connectivity index is 3.54. The topological polar surface area (TPSA) is 134 Å². The molecule has 38 heavy (non-hydrogen) atoms. The van der Waals surface area contributed by atoms with E-state index in [1.54, 1.807) is 27.7 Å². The molecular formula is C28H45N3O7. The number of carbonyl (C=O) groups is 4. The van der Waals surface area contributed by atoms with Gasteiger partial charge in [0.15, 0.2) is 0 Å². The van der Waals surface area contributed by atoms with Gasteiger partial charge in [-0.15, -0.1) is 0 Å². The number of amides is 3. The number of aryl methyl sites for hydroxylation is 2. The number of esters is 1. The fourth-order valence-electron chi connectivity index (χ4n) is 3.82. The molecular weight excluding hydrogens is 490 g/mol. The highest BCUT2D eigenvalue weighted by atomic mass is 16.6. The number of ether oxygens (including phenoxy) is 2. The Morgan fingerprint density at radius 3 is 2.21 bits per heavy atom. The average molecular weight is 536 g/mol. The normalized spacial score (nSPS) is 13.2. The highest BCUT2D eigenvalue weighted by Gasteiger charge is 2.43. The zero-order valence-corrected chi connectivity index (χ0v) is 24.3. The van der Waals surface area contributed by atoms with E-state index in [0.29, 0.717) is 12.0 Å². The van der Waals surface area contributed by atoms with Crippen molar-refractivity contribution in [1.29, 1.82) is 0 Å². The van der Waals surface area contributed by atoms with E-state index in [-0.39, 0.29) is 19.6 Å². The number of carbonyl (C=O) groups excluding carboxylic acids is 4. The molecule has 0 radical (unpaired) electrons. The van der Waals surface area contributed by atoms with Crippen LogP contribution >= 0.6 is 0 Å². The van der Waals surface area contributed by atoms with Gasteiger partial charge >= 0.3 is 12.1 Å². The monoisotopic (exact) mass is 535 g/mol. The van der Waals surface area contributed by atoms with Gasteiger partial charge < -0.3 is 30.1 Å². The molecule has 10 nitrogen and oxygen atoms in total. The van der Waals surface area contributed by atoms with E-state index in [2.05, 4.69) is 10.6 Å². The summed E-state index contributed by atoms with van der Waals surface area (Å²) >= 11 is 0. The van der Waals surface area contributed by atoms with Crippen LogP contribution < -0.4 is 10.6 Å². The highest BCUT2D eigenvalue weighted by molar-refractivity contribution is 5.93. The lowest BCUT2D eigenvalue weighted by Crippen LogP contribution is -2.60. The molecule has 214 valence electrons. The lowest BCUT2D eigenvalue weighted by molar-refractivity contribution is -0.150. The van der Waals surface area contributed by atoms with Crippen molar-refractivity contribution in [2.75, 3.05) is 19.8 Å². The minimum atomic E-state index is -1.35. The quantitative estimate of drug-likeness (QED) is 0.350. The minimum absolute atomic E-state index is 0.0210. The molecule has 0 spiro atoms. The van der Waals surface area contributed by atoms with Crippen molar-refractivity contribution in [1.82, 2.24) is 15.5 Å². The van der Waals surface area contributed by atoms with Gasteiger partial charge in [-0.3, -0.25) is 14.4 Å². The number of aliphatic hydroxyl groups excluding tert-OH is 1. The Morgan fingerprint density at radius 1 is 1.05 bits per heavy atom. The first-order valence-electron chi connectivity index (χ1n) is 13.0. The molecule has 10 heteroatoms. The molecule has 0 aromatic heterocycles. The van der Waals surface area contributed by atoms with Crippen molar-refractivity contribution < 1.29 is 33.8 Å². The first kappa shape index (κ1) is 32.9. The molecule has 1 aromatic rings. The summed E-state index contributed by atoms with van der Waals surface area (Å²) < 4.78 is 10.2. The van der Waals surface area contributed by atoms with Crippen LogP contribution in [0.25, 0.3) is 0 Å². The smallest absolute Gasteiger partial charge is 0.408 e. The van der Waals surface area contributed by atoms with E-state index >= 15 is 0 Å². The summed E-state index contributed by atoms with van der Waals surface area (Å²) in [6.07, 6.45) is -0.411.